The summed E-state index contributed by atoms with van der Waals surface area (Å²) in [6.45, 7) is 0. The third-order valence-corrected chi connectivity index (χ3v) is 12.2. The minimum atomic E-state index is -0.736. The fourth-order valence-corrected chi connectivity index (χ4v) is 9.68. The van der Waals surface area contributed by atoms with Crippen molar-refractivity contribution in [2.24, 2.45) is 35.5 Å². The summed E-state index contributed by atoms with van der Waals surface area (Å²) in [6, 6.07) is 38.9. The molecule has 0 bridgehead atoms. The molecule has 0 radical (unpaired) electrons. The predicted octanol–water partition coefficient (Wildman–Crippen LogP) is 8.28. The Morgan fingerprint density at radius 3 is 1.72 bits per heavy atom. The van der Waals surface area contributed by atoms with Crippen LogP contribution in [0, 0.1) is 35.5 Å². The van der Waals surface area contributed by atoms with Crippen molar-refractivity contribution in [3.8, 4) is 11.5 Å². The third kappa shape index (κ3) is 5.87. The van der Waals surface area contributed by atoms with E-state index in [1.165, 1.54) is 9.80 Å². The van der Waals surface area contributed by atoms with Gasteiger partial charge in [-0.2, -0.15) is 0 Å². The van der Waals surface area contributed by atoms with Crippen molar-refractivity contribution < 1.29 is 29.0 Å². The first-order valence-electron chi connectivity index (χ1n) is 19.3. The number of benzene rings is 5. The molecule has 3 heterocycles. The quantitative estimate of drug-likeness (QED) is 0.112. The number of aromatic hydroxyl groups is 1. The lowest BCUT2D eigenvalue weighted by molar-refractivity contribution is -0.126. The molecule has 5 aromatic carbocycles. The Bertz CT molecular complexity index is 2500. The van der Waals surface area contributed by atoms with Crippen molar-refractivity contribution in [1.29, 1.82) is 0 Å². The molecule has 4 amide bonds. The lowest BCUT2D eigenvalue weighted by atomic mass is 9.56. The molecule has 57 heavy (non-hydrogen) atoms. The van der Waals surface area contributed by atoms with E-state index in [1.807, 2.05) is 91.0 Å². The van der Waals surface area contributed by atoms with Gasteiger partial charge in [-0.05, 0) is 115 Å². The van der Waals surface area contributed by atoms with Crippen molar-refractivity contribution >= 4 is 57.8 Å². The smallest absolute Gasteiger partial charge is 0.238 e. The molecular formula is C47H38N4O6. The third-order valence-electron chi connectivity index (χ3n) is 12.2. The molecule has 3 fully saturated rings. The average Bonchev–Trinajstić information content (AvgIpc) is 3.64. The fourth-order valence-electron chi connectivity index (χ4n) is 9.68. The second kappa shape index (κ2) is 13.7. The molecule has 6 atom stereocenters. The van der Waals surface area contributed by atoms with Gasteiger partial charge in [0.05, 0.1) is 41.3 Å². The van der Waals surface area contributed by atoms with E-state index in [0.29, 0.717) is 30.0 Å². The highest BCUT2D eigenvalue weighted by atomic mass is 16.5. The van der Waals surface area contributed by atoms with Crippen LogP contribution in [0.5, 0.6) is 11.5 Å². The van der Waals surface area contributed by atoms with Gasteiger partial charge in [-0.1, -0.05) is 48.0 Å². The molecule has 5 aromatic rings. The van der Waals surface area contributed by atoms with Gasteiger partial charge in [0.15, 0.2) is 0 Å². The summed E-state index contributed by atoms with van der Waals surface area (Å²) in [7, 11) is 0. The Hall–Kier alpha value is -6.94. The number of allylic oxidation sites excluding steroid dienone is 3. The number of anilines is 6. The fraction of sp³-hybridized carbons (Fsp3) is 0.191. The van der Waals surface area contributed by atoms with Crippen LogP contribution < -0.4 is 25.2 Å². The summed E-state index contributed by atoms with van der Waals surface area (Å²) in [4.78, 5) is 60.6. The van der Waals surface area contributed by atoms with Gasteiger partial charge in [0.2, 0.25) is 23.6 Å². The van der Waals surface area contributed by atoms with Crippen LogP contribution in [0.25, 0.3) is 0 Å². The van der Waals surface area contributed by atoms with Crippen molar-refractivity contribution in [3.05, 3.63) is 156 Å². The Balaban J connectivity index is 0.979. The second-order valence-electron chi connectivity index (χ2n) is 15.4. The molecule has 282 valence electrons. The maximum absolute atomic E-state index is 14.7. The van der Waals surface area contributed by atoms with Crippen LogP contribution in [0.1, 0.15) is 18.4 Å². The van der Waals surface area contributed by atoms with Crippen LogP contribution in [0.2, 0.25) is 0 Å². The predicted molar refractivity (Wildman–Crippen MR) is 216 cm³/mol. The average molecular weight is 755 g/mol. The monoisotopic (exact) mass is 754 g/mol. The molecule has 0 spiro atoms. The summed E-state index contributed by atoms with van der Waals surface area (Å²) in [6.07, 6.45) is 4.70. The lowest BCUT2D eigenvalue weighted by Gasteiger charge is -2.45. The van der Waals surface area contributed by atoms with Crippen LogP contribution in [-0.2, 0) is 25.6 Å². The number of imide groups is 2. The summed E-state index contributed by atoms with van der Waals surface area (Å²) >= 11 is 0. The highest BCUT2D eigenvalue weighted by Crippen LogP contribution is 2.58. The number of hydrogen-bond acceptors (Lipinski definition) is 8. The number of nitrogens with zero attached hydrogens (tertiary/aromatic N) is 2. The Labute approximate surface area is 329 Å². The minimum Gasteiger partial charge on any atom is -0.508 e. The first-order valence-corrected chi connectivity index (χ1v) is 19.3. The SMILES string of the molecule is O=C1C2CC=C3C(CC4C(=O)N(c5ccc(Nc6ccccc6)cc5)C(=O)C4C3C3=COc4ccc(O)cc4C3)C2C(=O)N1c1ccc(Nc2ccccc2)cc1. The van der Waals surface area contributed by atoms with Crippen LogP contribution >= 0.6 is 0 Å². The molecule has 10 rings (SSSR count). The van der Waals surface area contributed by atoms with Crippen molar-refractivity contribution in [2.75, 3.05) is 20.4 Å². The van der Waals surface area contributed by atoms with Crippen molar-refractivity contribution in [3.63, 3.8) is 0 Å². The zero-order valence-corrected chi connectivity index (χ0v) is 30.7. The number of amides is 4. The van der Waals surface area contributed by atoms with E-state index in [9.17, 15) is 24.3 Å². The van der Waals surface area contributed by atoms with Crippen LogP contribution in [0.15, 0.2) is 151 Å². The van der Waals surface area contributed by atoms with E-state index < -0.39 is 35.5 Å². The highest BCUT2D eigenvalue weighted by Gasteiger charge is 2.62. The second-order valence-corrected chi connectivity index (χ2v) is 15.4. The number of para-hydroxylation sites is 2. The molecule has 0 aromatic heterocycles. The van der Waals surface area contributed by atoms with E-state index in [2.05, 4.69) is 10.6 Å². The molecule has 5 aliphatic rings. The molecule has 3 N–H and O–H groups in total. The van der Waals surface area contributed by atoms with Gasteiger partial charge in [-0.15, -0.1) is 0 Å². The number of rotatable bonds is 7. The lowest BCUT2D eigenvalue weighted by Crippen LogP contribution is -2.45. The zero-order chi connectivity index (χ0) is 38.8. The number of nitrogens with one attached hydrogen (secondary N) is 2. The van der Waals surface area contributed by atoms with E-state index >= 15 is 0 Å². The maximum atomic E-state index is 14.7. The Kier molecular flexibility index (Phi) is 8.28. The van der Waals surface area contributed by atoms with Crippen molar-refractivity contribution in [2.45, 2.75) is 19.3 Å². The summed E-state index contributed by atoms with van der Waals surface area (Å²) < 4.78 is 6.10. The van der Waals surface area contributed by atoms with Gasteiger partial charge >= 0.3 is 0 Å². The molecule has 10 heteroatoms. The molecule has 2 saturated heterocycles. The number of hydrogen-bond donors (Lipinski definition) is 3. The topological polar surface area (TPSA) is 128 Å². The minimum absolute atomic E-state index is 0.0975. The number of phenols is 1. The van der Waals surface area contributed by atoms with Crippen LogP contribution in [0.3, 0.4) is 0 Å². The highest BCUT2D eigenvalue weighted by molar-refractivity contribution is 6.24. The van der Waals surface area contributed by atoms with Gasteiger partial charge in [-0.25, -0.2) is 0 Å². The maximum Gasteiger partial charge on any atom is 0.238 e. The number of phenolic OH excluding ortho intramolecular Hbond substituents is 1. The van der Waals surface area contributed by atoms with Gasteiger partial charge in [0, 0.05) is 40.7 Å². The van der Waals surface area contributed by atoms with Crippen LogP contribution in [-0.4, -0.2) is 28.7 Å². The van der Waals surface area contributed by atoms with Crippen LogP contribution in [0.4, 0.5) is 34.1 Å². The van der Waals surface area contributed by atoms with E-state index in [-0.39, 0.29) is 35.8 Å². The Morgan fingerprint density at radius 2 is 1.12 bits per heavy atom. The normalized spacial score (nSPS) is 24.8. The standard InChI is InChI=1S/C47H38N4O6/c52-35-19-22-40-27(24-35)23-28(26-57-40)41-36-20-21-37-42(46(55)50(44(37)53)33-15-11-31(12-16-33)48-29-7-3-1-4-8-29)38(36)25-39-43(41)47(56)51(45(39)54)34-17-13-32(14-18-34)49-30-9-5-2-6-10-30/h1-20,22,24,26,37-39,41-43,48-49,52H,21,23,25H2. The molecule has 2 aliphatic carbocycles. The van der Waals surface area contributed by atoms with E-state index in [0.717, 1.165) is 39.5 Å². The number of fused-ring (bicyclic) bond motifs is 5. The number of carbonyl (C=O) groups excluding carboxylic acids is 4. The molecule has 3 aliphatic heterocycles. The summed E-state index contributed by atoms with van der Waals surface area (Å²) in [5.74, 6) is -4.20. The van der Waals surface area contributed by atoms with Gasteiger partial charge < -0.3 is 20.5 Å². The van der Waals surface area contributed by atoms with Gasteiger partial charge in [0.1, 0.15) is 11.5 Å². The summed E-state index contributed by atoms with van der Waals surface area (Å²) in [5, 5.41) is 17.0. The number of carbonyl (C=O) groups is 4. The van der Waals surface area contributed by atoms with Gasteiger partial charge in [0.25, 0.3) is 0 Å². The first-order chi connectivity index (χ1) is 27.8. The number of ether oxygens (including phenoxy) is 1. The van der Waals surface area contributed by atoms with Gasteiger partial charge in [-0.3, -0.25) is 29.0 Å². The molecule has 10 nitrogen and oxygen atoms in total. The summed E-state index contributed by atoms with van der Waals surface area (Å²) in [5.41, 5.74) is 6.87. The Morgan fingerprint density at radius 1 is 0.579 bits per heavy atom. The zero-order valence-electron chi connectivity index (χ0n) is 30.7. The molecule has 1 saturated carbocycles. The molecular weight excluding hydrogens is 717 g/mol. The molecule has 6 unspecified atom stereocenters. The van der Waals surface area contributed by atoms with E-state index in [4.69, 9.17) is 4.74 Å². The van der Waals surface area contributed by atoms with Crippen molar-refractivity contribution in [1.82, 2.24) is 0 Å². The van der Waals surface area contributed by atoms with E-state index in [1.54, 1.807) is 48.7 Å². The first kappa shape index (κ1) is 34.5. The largest absolute Gasteiger partial charge is 0.508 e.